The van der Waals surface area contributed by atoms with Crippen LogP contribution in [0.2, 0.25) is 0 Å². The Kier molecular flexibility index (Phi) is 3.45. The summed E-state index contributed by atoms with van der Waals surface area (Å²) >= 11 is 0. The molecule has 1 aliphatic heterocycles. The van der Waals surface area contributed by atoms with Gasteiger partial charge in [0.1, 0.15) is 6.04 Å². The molecule has 1 saturated heterocycles. The summed E-state index contributed by atoms with van der Waals surface area (Å²) in [4.78, 5) is 12.0. The first kappa shape index (κ1) is 12.1. The molecule has 1 amide bonds. The number of hydrogen-bond acceptors (Lipinski definition) is 3. The minimum atomic E-state index is -0.345. The van der Waals surface area contributed by atoms with E-state index in [0.29, 0.717) is 0 Å². The van der Waals surface area contributed by atoms with Crippen molar-refractivity contribution in [2.24, 2.45) is 0 Å². The molecule has 3 N–H and O–H groups in total. The second-order valence-electron chi connectivity index (χ2n) is 4.89. The van der Waals surface area contributed by atoms with E-state index >= 15 is 0 Å². The summed E-state index contributed by atoms with van der Waals surface area (Å²) in [6.45, 7) is 4.87. The molecule has 1 aromatic carbocycles. The van der Waals surface area contributed by atoms with Crippen LogP contribution in [-0.4, -0.2) is 18.5 Å². The van der Waals surface area contributed by atoms with E-state index in [4.69, 9.17) is 0 Å². The van der Waals surface area contributed by atoms with Crippen molar-refractivity contribution in [1.29, 1.82) is 0 Å². The molecule has 1 fully saturated rings. The third kappa shape index (κ3) is 2.84. The van der Waals surface area contributed by atoms with E-state index in [1.165, 1.54) is 0 Å². The molecule has 4 nitrogen and oxygen atoms in total. The van der Waals surface area contributed by atoms with Crippen molar-refractivity contribution in [2.45, 2.75) is 31.8 Å². The van der Waals surface area contributed by atoms with Gasteiger partial charge in [-0.3, -0.25) is 10.2 Å². The lowest BCUT2D eigenvalue weighted by atomic mass is 9.94. The van der Waals surface area contributed by atoms with Crippen LogP contribution in [-0.2, 0) is 10.3 Å². The highest BCUT2D eigenvalue weighted by Crippen LogP contribution is 2.19. The van der Waals surface area contributed by atoms with E-state index < -0.39 is 0 Å². The molecule has 1 unspecified atom stereocenters. The summed E-state index contributed by atoms with van der Waals surface area (Å²) in [6, 6.07) is 9.88. The maximum Gasteiger partial charge on any atom is 0.239 e. The minimum Gasteiger partial charge on any atom is -0.346 e. The first-order chi connectivity index (χ1) is 8.09. The normalized spacial score (nSPS) is 20.2. The molecule has 0 saturated carbocycles. The summed E-state index contributed by atoms with van der Waals surface area (Å²) in [5.41, 5.74) is 6.70. The molecule has 92 valence electrons. The third-order valence-electron chi connectivity index (χ3n) is 3.08. The van der Waals surface area contributed by atoms with Crippen LogP contribution in [0.3, 0.4) is 0 Å². The number of rotatable bonds is 3. The lowest BCUT2D eigenvalue weighted by molar-refractivity contribution is -0.124. The van der Waals surface area contributed by atoms with Crippen LogP contribution in [0.25, 0.3) is 0 Å². The maximum absolute atomic E-state index is 12.0. The number of carbonyl (C=O) groups is 1. The summed E-state index contributed by atoms with van der Waals surface area (Å²) in [7, 11) is 0. The van der Waals surface area contributed by atoms with Gasteiger partial charge >= 0.3 is 0 Å². The van der Waals surface area contributed by atoms with E-state index in [-0.39, 0.29) is 17.5 Å². The van der Waals surface area contributed by atoms with E-state index in [0.717, 1.165) is 18.5 Å². The van der Waals surface area contributed by atoms with Crippen LogP contribution < -0.4 is 16.2 Å². The van der Waals surface area contributed by atoms with Crippen LogP contribution in [0.5, 0.6) is 0 Å². The lowest BCUT2D eigenvalue weighted by Gasteiger charge is -2.28. The van der Waals surface area contributed by atoms with Gasteiger partial charge in [-0.1, -0.05) is 30.3 Å². The lowest BCUT2D eigenvalue weighted by Crippen LogP contribution is -2.49. The molecule has 0 spiro atoms. The van der Waals surface area contributed by atoms with Crippen LogP contribution in [0.4, 0.5) is 0 Å². The fourth-order valence-electron chi connectivity index (χ4n) is 2.00. The molecule has 0 aromatic heterocycles. The zero-order valence-electron chi connectivity index (χ0n) is 10.3. The van der Waals surface area contributed by atoms with Crippen molar-refractivity contribution in [2.75, 3.05) is 6.54 Å². The Bertz CT molecular complexity index is 383. The largest absolute Gasteiger partial charge is 0.346 e. The van der Waals surface area contributed by atoms with E-state index in [1.54, 1.807) is 0 Å². The topological polar surface area (TPSA) is 53.2 Å². The molecule has 17 heavy (non-hydrogen) atoms. The highest BCUT2D eigenvalue weighted by atomic mass is 16.2. The van der Waals surface area contributed by atoms with E-state index in [2.05, 4.69) is 16.2 Å². The molecule has 4 heteroatoms. The second kappa shape index (κ2) is 4.85. The first-order valence-corrected chi connectivity index (χ1v) is 5.95. The fraction of sp³-hybridized carbons (Fsp3) is 0.462. The number of amides is 1. The van der Waals surface area contributed by atoms with Crippen molar-refractivity contribution >= 4 is 5.91 Å². The number of hydrogen-bond donors (Lipinski definition) is 3. The average Bonchev–Trinajstić information content (AvgIpc) is 2.83. The smallest absolute Gasteiger partial charge is 0.239 e. The molecular formula is C13H19N3O. The molecule has 0 radical (unpaired) electrons. The zero-order chi connectivity index (χ0) is 12.3. The van der Waals surface area contributed by atoms with Gasteiger partial charge in [-0.15, -0.1) is 0 Å². The van der Waals surface area contributed by atoms with E-state index in [9.17, 15) is 4.79 Å². The molecule has 2 rings (SSSR count). The molecule has 1 atom stereocenters. The number of nitrogens with one attached hydrogen (secondary N) is 3. The Morgan fingerprint density at radius 3 is 2.65 bits per heavy atom. The van der Waals surface area contributed by atoms with Crippen LogP contribution in [0, 0.1) is 0 Å². The quantitative estimate of drug-likeness (QED) is 0.727. The molecule has 1 aromatic rings. The molecule has 1 aliphatic rings. The van der Waals surface area contributed by atoms with Crippen LogP contribution in [0.1, 0.15) is 25.8 Å². The van der Waals surface area contributed by atoms with Crippen LogP contribution >= 0.6 is 0 Å². The number of carbonyl (C=O) groups excluding carboxylic acids is 1. The van der Waals surface area contributed by atoms with E-state index in [1.807, 2.05) is 44.2 Å². The van der Waals surface area contributed by atoms with Crippen molar-refractivity contribution < 1.29 is 4.79 Å². The molecule has 1 heterocycles. The molecule has 0 bridgehead atoms. The Hall–Kier alpha value is -1.39. The summed E-state index contributed by atoms with van der Waals surface area (Å²) < 4.78 is 0. The third-order valence-corrected chi connectivity index (χ3v) is 3.08. The summed E-state index contributed by atoms with van der Waals surface area (Å²) in [5.74, 6) is 0.0452. The van der Waals surface area contributed by atoms with Gasteiger partial charge in [-0.2, -0.15) is 0 Å². The van der Waals surface area contributed by atoms with Gasteiger partial charge in [0.25, 0.3) is 0 Å². The van der Waals surface area contributed by atoms with Crippen molar-refractivity contribution in [3.8, 4) is 0 Å². The van der Waals surface area contributed by atoms with Gasteiger partial charge in [0.2, 0.25) is 5.91 Å². The number of hydrazine groups is 1. The molecular weight excluding hydrogens is 214 g/mol. The Morgan fingerprint density at radius 1 is 1.35 bits per heavy atom. The fourth-order valence-corrected chi connectivity index (χ4v) is 2.00. The van der Waals surface area contributed by atoms with Gasteiger partial charge in [-0.25, -0.2) is 5.43 Å². The Morgan fingerprint density at radius 2 is 2.06 bits per heavy atom. The summed E-state index contributed by atoms with van der Waals surface area (Å²) in [5, 5.41) is 3.07. The van der Waals surface area contributed by atoms with Crippen molar-refractivity contribution in [3.05, 3.63) is 35.9 Å². The zero-order valence-corrected chi connectivity index (χ0v) is 10.3. The van der Waals surface area contributed by atoms with Gasteiger partial charge in [0, 0.05) is 6.54 Å². The Balaban J connectivity index is 2.04. The average molecular weight is 233 g/mol. The maximum atomic E-state index is 12.0. The minimum absolute atomic E-state index is 0.0452. The predicted octanol–water partition coefficient (Wildman–Crippen LogP) is 0.904. The van der Waals surface area contributed by atoms with Gasteiger partial charge in [0.15, 0.2) is 0 Å². The second-order valence-corrected chi connectivity index (χ2v) is 4.89. The number of benzene rings is 1. The highest BCUT2D eigenvalue weighted by molar-refractivity contribution is 5.82. The SMILES string of the molecule is CC(C)(NC(=O)C1CCNN1)c1ccccc1. The summed E-state index contributed by atoms with van der Waals surface area (Å²) in [6.07, 6.45) is 0.830. The van der Waals surface area contributed by atoms with Crippen LogP contribution in [0.15, 0.2) is 30.3 Å². The first-order valence-electron chi connectivity index (χ1n) is 5.95. The predicted molar refractivity (Wildman–Crippen MR) is 67.2 cm³/mol. The standard InChI is InChI=1S/C13H19N3O/c1-13(2,10-6-4-3-5-7-10)15-12(17)11-8-9-14-16-11/h3-7,11,14,16H,8-9H2,1-2H3,(H,15,17). The van der Waals surface area contributed by atoms with Crippen molar-refractivity contribution in [1.82, 2.24) is 16.2 Å². The highest BCUT2D eigenvalue weighted by Gasteiger charge is 2.28. The van der Waals surface area contributed by atoms with Gasteiger partial charge < -0.3 is 5.32 Å². The Labute approximate surface area is 102 Å². The van der Waals surface area contributed by atoms with Gasteiger partial charge in [-0.05, 0) is 25.8 Å². The molecule has 0 aliphatic carbocycles. The van der Waals surface area contributed by atoms with Crippen molar-refractivity contribution in [3.63, 3.8) is 0 Å². The monoisotopic (exact) mass is 233 g/mol. The van der Waals surface area contributed by atoms with Gasteiger partial charge in [0.05, 0.1) is 5.54 Å².